The number of nitrogens with zero attached hydrogens (tertiary/aromatic N) is 3. The highest BCUT2D eigenvalue weighted by molar-refractivity contribution is 7.90. The van der Waals surface area contributed by atoms with Crippen molar-refractivity contribution in [3.8, 4) is 17.3 Å². The van der Waals surface area contributed by atoms with Gasteiger partial charge < -0.3 is 19.8 Å². The molecule has 0 spiro atoms. The molecular formula is C37H40ClN5O7S. The molecule has 2 aromatic carbocycles. The number of benzene rings is 2. The van der Waals surface area contributed by atoms with E-state index in [1.165, 1.54) is 4.90 Å². The third-order valence-electron chi connectivity index (χ3n) is 9.77. The van der Waals surface area contributed by atoms with Crippen LogP contribution in [0.15, 0.2) is 65.1 Å². The lowest BCUT2D eigenvalue weighted by molar-refractivity contribution is -0.137. The van der Waals surface area contributed by atoms with Gasteiger partial charge in [-0.3, -0.25) is 19.1 Å². The monoisotopic (exact) mass is 733 g/mol. The third kappa shape index (κ3) is 7.89. The summed E-state index contributed by atoms with van der Waals surface area (Å²) in [5, 5.41) is 0.870. The van der Waals surface area contributed by atoms with Gasteiger partial charge in [-0.1, -0.05) is 60.9 Å². The van der Waals surface area contributed by atoms with Gasteiger partial charge in [0.2, 0.25) is 33.3 Å². The Balaban J connectivity index is 0.910. The predicted octanol–water partition coefficient (Wildman–Crippen LogP) is 5.67. The second-order valence-electron chi connectivity index (χ2n) is 13.6. The van der Waals surface area contributed by atoms with E-state index < -0.39 is 39.2 Å². The molecule has 3 amide bonds. The molecule has 2 aromatic heterocycles. The quantitative estimate of drug-likeness (QED) is 0.115. The van der Waals surface area contributed by atoms with Crippen LogP contribution >= 0.6 is 11.6 Å². The Morgan fingerprint density at radius 3 is 2.57 bits per heavy atom. The summed E-state index contributed by atoms with van der Waals surface area (Å²) >= 11 is 6.50. The Kier molecular flexibility index (Phi) is 10.0. The molecule has 3 aliphatic rings. The standard InChI is InChI=1S/C37H40ClN5O7S/c38-28-14-9-7-12-25(28)35-40-32-26-13-8-10-15-30(26)50-33(32)37(41-35)49-23-20-29(34(39)45)43(21-23)31(44)16-6-4-2-1-3-5-11-22-19-27(22)36(46)42-51(47,48)24-17-18-24/h5,7-15,22-24,27,29H,1-4,6,16-21H2,(H2,39,45)(H,42,46)/b11-5-/t22-,23-,27+,29+/m1/s1. The molecule has 4 aromatic rings. The minimum atomic E-state index is -3.50. The molecule has 3 fully saturated rings. The summed E-state index contributed by atoms with van der Waals surface area (Å²) in [6.07, 6.45) is 10.1. The van der Waals surface area contributed by atoms with Gasteiger partial charge in [-0.05, 0) is 68.7 Å². The third-order valence-corrected chi connectivity index (χ3v) is 11.9. The highest BCUT2D eigenvalue weighted by Gasteiger charge is 2.45. The molecule has 1 aliphatic heterocycles. The summed E-state index contributed by atoms with van der Waals surface area (Å²) in [4.78, 5) is 49.0. The number of hydrogen-bond donors (Lipinski definition) is 2. The summed E-state index contributed by atoms with van der Waals surface area (Å²) < 4.78 is 38.7. The van der Waals surface area contributed by atoms with E-state index in [4.69, 9.17) is 36.5 Å². The van der Waals surface area contributed by atoms with Gasteiger partial charge in [-0.15, -0.1) is 0 Å². The van der Waals surface area contributed by atoms with Crippen LogP contribution in [-0.2, 0) is 24.4 Å². The second kappa shape index (κ2) is 14.6. The van der Waals surface area contributed by atoms with Gasteiger partial charge in [0.15, 0.2) is 5.82 Å². The maximum Gasteiger partial charge on any atom is 0.262 e. The summed E-state index contributed by atoms with van der Waals surface area (Å²) in [6, 6.07) is 14.0. The first-order valence-corrected chi connectivity index (χ1v) is 19.4. The molecule has 51 heavy (non-hydrogen) atoms. The largest absolute Gasteiger partial charge is 0.470 e. The number of rotatable bonds is 15. The van der Waals surface area contributed by atoms with Crippen LogP contribution in [0.4, 0.5) is 0 Å². The van der Waals surface area contributed by atoms with E-state index in [1.54, 1.807) is 6.07 Å². The lowest BCUT2D eigenvalue weighted by atomic mass is 10.1. The van der Waals surface area contributed by atoms with E-state index in [-0.39, 0.29) is 43.0 Å². The topological polar surface area (TPSA) is 175 Å². The van der Waals surface area contributed by atoms with Gasteiger partial charge in [0.25, 0.3) is 5.88 Å². The lowest BCUT2D eigenvalue weighted by Crippen LogP contribution is -2.43. The Morgan fingerprint density at radius 2 is 1.78 bits per heavy atom. The number of allylic oxidation sites excluding steroid dienone is 2. The summed E-state index contributed by atoms with van der Waals surface area (Å²) in [5.74, 6) is -0.746. The fourth-order valence-electron chi connectivity index (χ4n) is 6.71. The lowest BCUT2D eigenvalue weighted by Gasteiger charge is -2.21. The first kappa shape index (κ1) is 34.9. The van der Waals surface area contributed by atoms with Crippen molar-refractivity contribution in [2.24, 2.45) is 17.6 Å². The first-order valence-electron chi connectivity index (χ1n) is 17.5. The molecule has 0 bridgehead atoms. The highest BCUT2D eigenvalue weighted by atomic mass is 35.5. The molecule has 4 atom stereocenters. The number of primary amides is 1. The van der Waals surface area contributed by atoms with Crippen molar-refractivity contribution in [2.45, 2.75) is 81.6 Å². The van der Waals surface area contributed by atoms with Crippen molar-refractivity contribution in [2.75, 3.05) is 6.54 Å². The molecule has 2 saturated carbocycles. The number of likely N-dealkylation sites (tertiary alicyclic amines) is 1. The van der Waals surface area contributed by atoms with Gasteiger partial charge >= 0.3 is 0 Å². The number of halogens is 1. The van der Waals surface area contributed by atoms with Gasteiger partial charge in [-0.25, -0.2) is 13.4 Å². The number of carbonyl (C=O) groups is 3. The van der Waals surface area contributed by atoms with Crippen molar-refractivity contribution in [3.63, 3.8) is 0 Å². The molecule has 0 radical (unpaired) electrons. The Morgan fingerprint density at radius 1 is 1.02 bits per heavy atom. The van der Waals surface area contributed by atoms with Crippen LogP contribution in [0.5, 0.6) is 5.88 Å². The van der Waals surface area contributed by atoms with Crippen LogP contribution < -0.4 is 15.2 Å². The highest BCUT2D eigenvalue weighted by Crippen LogP contribution is 2.41. The molecule has 3 N–H and O–H groups in total. The Bertz CT molecular complexity index is 2110. The summed E-state index contributed by atoms with van der Waals surface area (Å²) in [7, 11) is -3.50. The number of fused-ring (bicyclic) bond motifs is 3. The summed E-state index contributed by atoms with van der Waals surface area (Å²) in [5.41, 5.74) is 7.94. The minimum absolute atomic E-state index is 0.0898. The number of nitrogens with two attached hydrogens (primary N) is 1. The van der Waals surface area contributed by atoms with Gasteiger partial charge in [0.05, 0.1) is 16.8 Å². The number of unbranched alkanes of at least 4 members (excludes halogenated alkanes) is 4. The van der Waals surface area contributed by atoms with Crippen molar-refractivity contribution < 1.29 is 32.0 Å². The van der Waals surface area contributed by atoms with Crippen LogP contribution in [0.3, 0.4) is 0 Å². The zero-order chi connectivity index (χ0) is 35.7. The zero-order valence-electron chi connectivity index (χ0n) is 28.0. The van der Waals surface area contributed by atoms with E-state index >= 15 is 0 Å². The van der Waals surface area contributed by atoms with Gasteiger partial charge in [-0.2, -0.15) is 4.98 Å². The number of para-hydroxylation sites is 1. The number of furan rings is 1. The van der Waals surface area contributed by atoms with Crippen LogP contribution in [-0.4, -0.2) is 64.9 Å². The maximum absolute atomic E-state index is 13.3. The number of aromatic nitrogens is 2. The molecule has 14 heteroatoms. The van der Waals surface area contributed by atoms with Crippen LogP contribution in [0.2, 0.25) is 5.02 Å². The molecular weight excluding hydrogens is 694 g/mol. The second-order valence-corrected chi connectivity index (χ2v) is 16.0. The predicted molar refractivity (Wildman–Crippen MR) is 192 cm³/mol. The number of sulfonamides is 1. The van der Waals surface area contributed by atoms with E-state index in [1.807, 2.05) is 48.5 Å². The smallest absolute Gasteiger partial charge is 0.262 e. The molecule has 1 saturated heterocycles. The average molecular weight is 734 g/mol. The number of nitrogens with one attached hydrogen (secondary N) is 1. The molecule has 268 valence electrons. The van der Waals surface area contributed by atoms with Crippen molar-refractivity contribution in [1.29, 1.82) is 0 Å². The fourth-order valence-corrected chi connectivity index (χ4v) is 8.28. The number of amides is 3. The first-order chi connectivity index (χ1) is 24.6. The Hall–Kier alpha value is -4.49. The molecule has 12 nitrogen and oxygen atoms in total. The fraction of sp³-hybridized carbons (Fsp3) is 0.432. The SMILES string of the molecule is NC(=O)[C@@H]1C[C@@H](Oc2nc(-c3ccccc3Cl)nc3c2oc2ccccc23)CN1C(=O)CCCCCC/C=C\[C@@H]1C[C@@H]1C(=O)NS(=O)(=O)C1CC1. The average Bonchev–Trinajstić information content (AvgIpc) is 4.03. The van der Waals surface area contributed by atoms with Gasteiger partial charge in [0, 0.05) is 29.7 Å². The van der Waals surface area contributed by atoms with E-state index in [0.29, 0.717) is 58.8 Å². The van der Waals surface area contributed by atoms with E-state index in [2.05, 4.69) is 10.8 Å². The van der Waals surface area contributed by atoms with E-state index in [0.717, 1.165) is 31.1 Å². The zero-order valence-corrected chi connectivity index (χ0v) is 29.6. The van der Waals surface area contributed by atoms with Crippen LogP contribution in [0, 0.1) is 11.8 Å². The normalized spacial score (nSPS) is 21.8. The van der Waals surface area contributed by atoms with Crippen molar-refractivity contribution >= 4 is 61.4 Å². The summed E-state index contributed by atoms with van der Waals surface area (Å²) in [6.45, 7) is 0.178. The molecule has 3 heterocycles. The van der Waals surface area contributed by atoms with Gasteiger partial charge in [0.1, 0.15) is 23.2 Å². The van der Waals surface area contributed by atoms with Crippen LogP contribution in [0.25, 0.3) is 33.5 Å². The Labute approximate surface area is 300 Å². The number of carbonyl (C=O) groups excluding carboxylic acids is 3. The number of hydrogen-bond acceptors (Lipinski definition) is 9. The molecule has 2 aliphatic carbocycles. The number of ether oxygens (including phenoxy) is 1. The molecule has 7 rings (SSSR count). The minimum Gasteiger partial charge on any atom is -0.470 e. The maximum atomic E-state index is 13.3. The molecule has 0 unspecified atom stereocenters. The van der Waals surface area contributed by atoms with E-state index in [9.17, 15) is 22.8 Å². The van der Waals surface area contributed by atoms with Crippen molar-refractivity contribution in [1.82, 2.24) is 19.6 Å². The van der Waals surface area contributed by atoms with Crippen LogP contribution in [0.1, 0.15) is 64.2 Å². The van der Waals surface area contributed by atoms with Crippen molar-refractivity contribution in [3.05, 3.63) is 65.7 Å².